The van der Waals surface area contributed by atoms with Crippen LogP contribution in [0.1, 0.15) is 97.7 Å². The zero-order chi connectivity index (χ0) is 56.6. The summed E-state index contributed by atoms with van der Waals surface area (Å²) in [5.41, 5.74) is 11.0. The molecule has 76 heavy (non-hydrogen) atoms. The number of nitrogens with two attached hydrogens (primary N) is 1. The van der Waals surface area contributed by atoms with E-state index in [1.54, 1.807) is 5.57 Å². The minimum Gasteiger partial charge on any atom is -0.445 e. The topological polar surface area (TPSA) is 360 Å². The molecular weight excluding hydrogens is 1080 g/mol. The van der Waals surface area contributed by atoms with E-state index in [1.807, 2.05) is 0 Å². The van der Waals surface area contributed by atoms with Crippen molar-refractivity contribution in [1.82, 2.24) is 78.5 Å². The van der Waals surface area contributed by atoms with Crippen LogP contribution in [0.25, 0.3) is 16.9 Å². The summed E-state index contributed by atoms with van der Waals surface area (Å²) in [4.78, 5) is 105. The predicted octanol–water partition coefficient (Wildman–Crippen LogP) is 2.71. The normalized spacial score (nSPS) is 12.5. The van der Waals surface area contributed by atoms with Gasteiger partial charge in [-0.2, -0.15) is 14.0 Å². The van der Waals surface area contributed by atoms with E-state index in [4.69, 9.17) is 62.0 Å². The zero-order valence-electron chi connectivity index (χ0n) is 42.2. The predicted molar refractivity (Wildman–Crippen MR) is 278 cm³/mol. The second-order valence-corrected chi connectivity index (χ2v) is 17.5. The van der Waals surface area contributed by atoms with Crippen LogP contribution in [0.3, 0.4) is 0 Å². The molecule has 0 spiro atoms. The molecule has 6 aromatic heterocycles. The number of aliphatic hydroxyl groups excluding tert-OH is 1. The molecule has 0 bridgehead atoms. The summed E-state index contributed by atoms with van der Waals surface area (Å²) in [6.45, 7) is 8.86. The highest BCUT2D eigenvalue weighted by molar-refractivity contribution is 6.26. The Morgan fingerprint density at radius 3 is 1.42 bits per heavy atom. The number of carbonyl (C=O) groups excluding carboxylic acids is 5. The Kier molecular flexibility index (Phi) is 25.8. The van der Waals surface area contributed by atoms with Crippen LogP contribution in [0.2, 0.25) is 0 Å². The lowest BCUT2D eigenvalue weighted by Crippen LogP contribution is -2.33. The fourth-order valence-corrected chi connectivity index (χ4v) is 6.32. The highest BCUT2D eigenvalue weighted by Gasteiger charge is 2.21. The zero-order valence-corrected chi connectivity index (χ0v) is 45.3. The second-order valence-electron chi connectivity index (χ2n) is 16.0. The molecule has 0 saturated carbocycles. The van der Waals surface area contributed by atoms with E-state index in [-0.39, 0.29) is 47.2 Å². The van der Waals surface area contributed by atoms with Gasteiger partial charge in [-0.3, -0.25) is 19.7 Å². The number of alkyl carbamates (subject to hydrolysis) is 1. The lowest BCUT2D eigenvalue weighted by Gasteiger charge is -2.17. The van der Waals surface area contributed by atoms with Crippen LogP contribution in [0.5, 0.6) is 0 Å². The van der Waals surface area contributed by atoms with Crippen molar-refractivity contribution in [2.75, 3.05) is 36.7 Å². The molecule has 6 heterocycles. The smallest absolute Gasteiger partial charge is 0.414 e. The third-order valence-corrected chi connectivity index (χ3v) is 11.6. The number of primary amides is 1. The van der Waals surface area contributed by atoms with Crippen molar-refractivity contribution in [3.8, 4) is 0 Å². The summed E-state index contributed by atoms with van der Waals surface area (Å²) in [6, 6.07) is 0. The highest BCUT2D eigenvalue weighted by atomic mass is 35.5. The average molecular weight is 1140 g/mol. The van der Waals surface area contributed by atoms with E-state index in [1.165, 1.54) is 49.8 Å². The van der Waals surface area contributed by atoms with Crippen molar-refractivity contribution in [1.29, 1.82) is 0 Å². The number of ether oxygens (including phenoxy) is 1. The molecule has 4 amide bonds. The number of hydrogen-bond donors (Lipinski definition) is 3. The number of rotatable bonds is 8. The molecule has 28 nitrogen and oxygen atoms in total. The van der Waals surface area contributed by atoms with Gasteiger partial charge >= 0.3 is 29.1 Å². The summed E-state index contributed by atoms with van der Waals surface area (Å²) < 4.78 is 11.3. The lowest BCUT2D eigenvalue weighted by molar-refractivity contribution is 0.0921. The first-order chi connectivity index (χ1) is 36.2. The minimum atomic E-state index is -0.917. The van der Waals surface area contributed by atoms with Crippen LogP contribution >= 0.6 is 46.4 Å². The Bertz CT molecular complexity index is 3380. The molecule has 0 aliphatic heterocycles. The Labute approximate surface area is 451 Å². The fourth-order valence-electron chi connectivity index (χ4n) is 6.32. The highest BCUT2D eigenvalue weighted by Crippen LogP contribution is 2.26. The van der Waals surface area contributed by atoms with Crippen LogP contribution in [0.15, 0.2) is 83.9 Å². The Morgan fingerprint density at radius 2 is 1.05 bits per heavy atom. The summed E-state index contributed by atoms with van der Waals surface area (Å²) in [7, 11) is 4.27. The van der Waals surface area contributed by atoms with Crippen LogP contribution in [0.4, 0.5) is 4.79 Å². The van der Waals surface area contributed by atoms with Gasteiger partial charge in [0.25, 0.3) is 11.8 Å². The molecule has 2 aliphatic rings. The molecule has 0 fully saturated rings. The van der Waals surface area contributed by atoms with Crippen LogP contribution in [0, 0.1) is 0 Å². The van der Waals surface area contributed by atoms with Crippen molar-refractivity contribution in [2.24, 2.45) is 31.9 Å². The number of allylic oxidation sites excluding steroid dienone is 6. The monoisotopic (exact) mass is 1130 g/mol. The number of carbonyl (C=O) groups is 4. The average Bonchev–Trinajstić information content (AvgIpc) is 4.18. The van der Waals surface area contributed by atoms with Gasteiger partial charge in [-0.05, 0) is 77.4 Å². The molecule has 0 aromatic carbocycles. The van der Waals surface area contributed by atoms with E-state index in [0.717, 1.165) is 90.1 Å². The number of hydrogen-bond acceptors (Lipinski definition) is 19. The molecule has 408 valence electrons. The molecule has 6 aromatic rings. The summed E-state index contributed by atoms with van der Waals surface area (Å²) in [6.07, 6.45) is 13.8. The van der Waals surface area contributed by atoms with Crippen LogP contribution < -0.4 is 28.1 Å². The number of alkyl halides is 4. The van der Waals surface area contributed by atoms with E-state index < -0.39 is 40.9 Å². The van der Waals surface area contributed by atoms with E-state index >= 15 is 0 Å². The third kappa shape index (κ3) is 17.8. The molecule has 8 rings (SSSR count). The van der Waals surface area contributed by atoms with E-state index in [9.17, 15) is 38.4 Å². The number of isocyanates is 1. The first-order valence-electron chi connectivity index (χ1n) is 22.4. The Balaban J connectivity index is 0.000000267. The molecule has 4 N–H and O–H groups in total. The Morgan fingerprint density at radius 1 is 0.658 bits per heavy atom. The van der Waals surface area contributed by atoms with Crippen molar-refractivity contribution in [3.05, 3.63) is 113 Å². The van der Waals surface area contributed by atoms with Gasteiger partial charge < -0.3 is 15.6 Å². The SMILES string of the molecule is CC(C)=C1CC=C(CO)CC1.CC(C)=C1CC=C(COC(=O)NC(=O)c2ncn3c(=O)n(C)nnc23)CC1.ClCCCl.ClCCCl.Cn1nnc2c(C(=O)N=C=O)ncn2c1=O.Cn1nnc2c(C(N)=O)ncn2c1=O. The number of aryl methyl sites for hydroxylation is 3. The van der Waals surface area contributed by atoms with Gasteiger partial charge in [-0.25, -0.2) is 52.1 Å². The van der Waals surface area contributed by atoms with E-state index in [0.29, 0.717) is 23.5 Å². The minimum absolute atomic E-state index is 0.0346. The lowest BCUT2D eigenvalue weighted by atomic mass is 9.92. The van der Waals surface area contributed by atoms with Gasteiger partial charge in [0.1, 0.15) is 25.6 Å². The number of imide groups is 1. The molecule has 0 saturated heterocycles. The standard InChI is InChI=1S/C17H20N6O4.C10H16O.C7H4N6O3.C6H6N6O2.2C2H4Cl2/c1-10(2)12-6-4-11(5-7-12)8-27-16(25)19-15(24)13-14-20-21-22(3)17(26)23(14)9-18-13;1-8(2)10-5-3-9(7-11)4-6-10;1-12-7(16)13-2-8-4(5(13)10-11-12)6(15)9-3-14;1-11-6(14)12-2-8-3(4(7)13)5(12)9-10-11;2*3-1-2-4/h4,9H,5-8H2,1-3H3,(H,19,24,25);3,11H,4-7H2,1-2H3;2H,1H3;2H,1H3,(H2,7,13);2*1-2H2. The van der Waals surface area contributed by atoms with Crippen molar-refractivity contribution >= 4 is 93.2 Å². The largest absolute Gasteiger partial charge is 0.445 e. The first kappa shape index (κ1) is 62.7. The maximum Gasteiger partial charge on any atom is 0.414 e. The number of nitrogens with one attached hydrogen (secondary N) is 1. The van der Waals surface area contributed by atoms with Gasteiger partial charge in [-0.1, -0.05) is 50.1 Å². The number of aromatic nitrogens is 15. The number of nitrogens with zero attached hydrogens (tertiary/aromatic N) is 16. The molecule has 0 atom stereocenters. The van der Waals surface area contributed by atoms with Gasteiger partial charge in [0.2, 0.25) is 6.08 Å². The quantitative estimate of drug-likeness (QED) is 0.0853. The van der Waals surface area contributed by atoms with Crippen LogP contribution in [-0.2, 0) is 30.7 Å². The van der Waals surface area contributed by atoms with Gasteiger partial charge in [0, 0.05) is 44.7 Å². The Hall–Kier alpha value is -7.62. The molecule has 0 radical (unpaired) electrons. The van der Waals surface area contributed by atoms with E-state index in [2.05, 4.69) is 96.0 Å². The number of amides is 4. The number of fused-ring (bicyclic) bond motifs is 3. The van der Waals surface area contributed by atoms with Crippen molar-refractivity contribution < 1.29 is 33.8 Å². The maximum atomic E-state index is 12.2. The molecule has 32 heteroatoms. The van der Waals surface area contributed by atoms with Crippen LogP contribution in [-0.4, -0.2) is 145 Å². The number of imidazole rings is 3. The van der Waals surface area contributed by atoms with Crippen molar-refractivity contribution in [2.45, 2.75) is 66.2 Å². The first-order valence-corrected chi connectivity index (χ1v) is 24.6. The van der Waals surface area contributed by atoms with Gasteiger partial charge in [0.15, 0.2) is 34.0 Å². The summed E-state index contributed by atoms with van der Waals surface area (Å²) in [5.74, 6) is -0.240. The fraction of sp³-hybridized carbons (Fsp3) is 0.432. The molecule has 0 unspecified atom stereocenters. The summed E-state index contributed by atoms with van der Waals surface area (Å²) in [5, 5.41) is 32.5. The number of aliphatic imine (C=N–C) groups is 1. The number of aliphatic hydroxyl groups is 1. The third-order valence-electron chi connectivity index (χ3n) is 10.4. The van der Waals surface area contributed by atoms with Gasteiger partial charge in [-0.15, -0.1) is 66.7 Å². The summed E-state index contributed by atoms with van der Waals surface area (Å²) >= 11 is 20.2. The van der Waals surface area contributed by atoms with Gasteiger partial charge in [0.05, 0.1) is 6.61 Å². The molecular formula is C44H54Cl4N18O10. The maximum absolute atomic E-state index is 12.2. The molecule has 2 aliphatic carbocycles. The number of halogens is 4. The van der Waals surface area contributed by atoms with Crippen molar-refractivity contribution in [3.63, 3.8) is 0 Å². The second kappa shape index (κ2) is 31.3.